The molecule has 1 aliphatic carbocycles. The van der Waals surface area contributed by atoms with Crippen molar-refractivity contribution in [3.8, 4) is 0 Å². The molecule has 5 unspecified atom stereocenters. The van der Waals surface area contributed by atoms with Crippen LogP contribution in [0.5, 0.6) is 0 Å². The lowest BCUT2D eigenvalue weighted by Crippen LogP contribution is -2.38. The highest BCUT2D eigenvalue weighted by molar-refractivity contribution is 4.86. The Hall–Kier alpha value is -0.180. The first-order valence-electron chi connectivity index (χ1n) is 11.1. The first-order valence-corrected chi connectivity index (χ1v) is 11.1. The molecular formula is C23H46F2O. The molecule has 1 saturated carbocycles. The number of halogens is 2. The Balaban J connectivity index is 0.00000301. The standard InChI is InChI=1S/C21H40F2O.C2H6/c1-7-17(9-8-14(2)3)19-12-10-18(11-13-19)15(4)20(22)21(23)16(5)24-6;1-2/h14-21H,7-13H2,1-6H3;1-2H3. The SMILES string of the molecule is CC.CCC(CCC(C)C)C1CCC(C(C)C(F)C(F)C(C)OC)CC1. The minimum Gasteiger partial charge on any atom is -0.379 e. The number of alkyl halides is 2. The van der Waals surface area contributed by atoms with Crippen LogP contribution >= 0.6 is 0 Å². The molecule has 0 saturated heterocycles. The van der Waals surface area contributed by atoms with E-state index in [1.165, 1.54) is 39.2 Å². The molecular weight excluding hydrogens is 330 g/mol. The summed E-state index contributed by atoms with van der Waals surface area (Å²) in [5, 5.41) is 0. The van der Waals surface area contributed by atoms with Gasteiger partial charge in [0, 0.05) is 7.11 Å². The van der Waals surface area contributed by atoms with E-state index >= 15 is 0 Å². The summed E-state index contributed by atoms with van der Waals surface area (Å²) in [6, 6.07) is 0. The van der Waals surface area contributed by atoms with Gasteiger partial charge in [-0.25, -0.2) is 8.78 Å². The van der Waals surface area contributed by atoms with Crippen molar-refractivity contribution in [2.75, 3.05) is 7.11 Å². The molecule has 0 aliphatic heterocycles. The molecule has 158 valence electrons. The molecule has 0 aromatic rings. The highest BCUT2D eigenvalue weighted by Crippen LogP contribution is 2.41. The van der Waals surface area contributed by atoms with Crippen LogP contribution in [0.3, 0.4) is 0 Å². The second kappa shape index (κ2) is 13.9. The van der Waals surface area contributed by atoms with Crippen LogP contribution in [0.1, 0.15) is 93.4 Å². The molecule has 1 aliphatic rings. The normalized spacial score (nSPS) is 26.4. The summed E-state index contributed by atoms with van der Waals surface area (Å²) in [6.45, 7) is 14.4. The first-order chi connectivity index (χ1) is 12.3. The highest BCUT2D eigenvalue weighted by atomic mass is 19.2. The zero-order chi connectivity index (χ0) is 20.3. The van der Waals surface area contributed by atoms with E-state index in [0.717, 1.165) is 30.6 Å². The summed E-state index contributed by atoms with van der Waals surface area (Å²) in [6.07, 6.45) is 4.77. The van der Waals surface area contributed by atoms with E-state index in [0.29, 0.717) is 5.92 Å². The van der Waals surface area contributed by atoms with Crippen LogP contribution in [-0.4, -0.2) is 25.6 Å². The molecule has 0 aromatic carbocycles. The summed E-state index contributed by atoms with van der Waals surface area (Å²) in [5.41, 5.74) is 0. The summed E-state index contributed by atoms with van der Waals surface area (Å²) in [4.78, 5) is 0. The van der Waals surface area contributed by atoms with Crippen LogP contribution in [0.4, 0.5) is 8.78 Å². The number of hydrogen-bond acceptors (Lipinski definition) is 1. The second-order valence-electron chi connectivity index (χ2n) is 8.50. The molecule has 1 nitrogen and oxygen atoms in total. The van der Waals surface area contributed by atoms with Crippen molar-refractivity contribution < 1.29 is 13.5 Å². The number of rotatable bonds is 10. The van der Waals surface area contributed by atoms with Crippen LogP contribution in [-0.2, 0) is 4.74 Å². The molecule has 0 amide bonds. The average Bonchev–Trinajstić information content (AvgIpc) is 2.67. The third-order valence-electron chi connectivity index (χ3n) is 6.49. The highest BCUT2D eigenvalue weighted by Gasteiger charge is 2.37. The van der Waals surface area contributed by atoms with Crippen LogP contribution in [0.25, 0.3) is 0 Å². The molecule has 0 heterocycles. The zero-order valence-corrected chi connectivity index (χ0v) is 18.7. The molecule has 0 N–H and O–H groups in total. The maximum absolute atomic E-state index is 14.5. The summed E-state index contributed by atoms with van der Waals surface area (Å²) in [5.74, 6) is 2.48. The predicted octanol–water partition coefficient (Wildman–Crippen LogP) is 7.63. The third-order valence-corrected chi connectivity index (χ3v) is 6.49. The Kier molecular flexibility index (Phi) is 13.8. The van der Waals surface area contributed by atoms with E-state index in [2.05, 4.69) is 20.8 Å². The smallest absolute Gasteiger partial charge is 0.157 e. The van der Waals surface area contributed by atoms with E-state index in [1.54, 1.807) is 6.92 Å². The van der Waals surface area contributed by atoms with Gasteiger partial charge in [0.25, 0.3) is 0 Å². The zero-order valence-electron chi connectivity index (χ0n) is 18.7. The Morgan fingerprint density at radius 3 is 1.77 bits per heavy atom. The van der Waals surface area contributed by atoms with Gasteiger partial charge in [0.1, 0.15) is 6.17 Å². The Labute approximate surface area is 162 Å². The van der Waals surface area contributed by atoms with Gasteiger partial charge >= 0.3 is 0 Å². The summed E-state index contributed by atoms with van der Waals surface area (Å²) >= 11 is 0. The quantitative estimate of drug-likeness (QED) is 0.381. The molecule has 3 heteroatoms. The predicted molar refractivity (Wildman–Crippen MR) is 110 cm³/mol. The van der Waals surface area contributed by atoms with Gasteiger partial charge in [-0.1, -0.05) is 54.4 Å². The summed E-state index contributed by atoms with van der Waals surface area (Å²) in [7, 11) is 1.45. The van der Waals surface area contributed by atoms with E-state index in [-0.39, 0.29) is 5.92 Å². The van der Waals surface area contributed by atoms with Crippen molar-refractivity contribution in [3.05, 3.63) is 0 Å². The van der Waals surface area contributed by atoms with Crippen LogP contribution in [0.15, 0.2) is 0 Å². The van der Waals surface area contributed by atoms with Gasteiger partial charge < -0.3 is 4.74 Å². The maximum Gasteiger partial charge on any atom is 0.157 e. The first kappa shape index (κ1) is 25.8. The summed E-state index contributed by atoms with van der Waals surface area (Å²) < 4.78 is 33.6. The lowest BCUT2D eigenvalue weighted by Gasteiger charge is -2.38. The van der Waals surface area contributed by atoms with E-state index in [4.69, 9.17) is 4.74 Å². The minimum absolute atomic E-state index is 0.214. The minimum atomic E-state index is -1.52. The lowest BCUT2D eigenvalue weighted by molar-refractivity contribution is -0.0231. The third kappa shape index (κ3) is 8.23. The Morgan fingerprint density at radius 1 is 0.846 bits per heavy atom. The fraction of sp³-hybridized carbons (Fsp3) is 1.00. The largest absolute Gasteiger partial charge is 0.379 e. The van der Waals surface area contributed by atoms with E-state index in [9.17, 15) is 8.78 Å². The molecule has 1 rings (SSSR count). The van der Waals surface area contributed by atoms with Crippen molar-refractivity contribution >= 4 is 0 Å². The maximum atomic E-state index is 14.5. The van der Waals surface area contributed by atoms with Crippen molar-refractivity contribution in [1.82, 2.24) is 0 Å². The van der Waals surface area contributed by atoms with E-state index < -0.39 is 18.4 Å². The van der Waals surface area contributed by atoms with Gasteiger partial charge in [-0.2, -0.15) is 0 Å². The number of methoxy groups -OCH3 is 1. The Morgan fingerprint density at radius 2 is 1.35 bits per heavy atom. The van der Waals surface area contributed by atoms with Gasteiger partial charge in [-0.3, -0.25) is 0 Å². The van der Waals surface area contributed by atoms with Crippen molar-refractivity contribution in [1.29, 1.82) is 0 Å². The van der Waals surface area contributed by atoms with Crippen molar-refractivity contribution in [2.24, 2.45) is 29.6 Å². The fourth-order valence-electron chi connectivity index (χ4n) is 4.40. The average molecular weight is 377 g/mol. The van der Waals surface area contributed by atoms with Gasteiger partial charge in [0.2, 0.25) is 0 Å². The van der Waals surface area contributed by atoms with Crippen molar-refractivity contribution in [3.63, 3.8) is 0 Å². The lowest BCUT2D eigenvalue weighted by atomic mass is 9.69. The van der Waals surface area contributed by atoms with Crippen LogP contribution in [0, 0.1) is 29.6 Å². The molecule has 5 atom stereocenters. The van der Waals surface area contributed by atoms with E-state index in [1.807, 2.05) is 20.8 Å². The number of ether oxygens (including phenoxy) is 1. The van der Waals surface area contributed by atoms with Gasteiger partial charge in [-0.05, 0) is 68.6 Å². The van der Waals surface area contributed by atoms with Gasteiger partial charge in [-0.15, -0.1) is 0 Å². The molecule has 1 fully saturated rings. The van der Waals surface area contributed by atoms with Crippen molar-refractivity contribution in [2.45, 2.75) is 112 Å². The fourth-order valence-corrected chi connectivity index (χ4v) is 4.40. The topological polar surface area (TPSA) is 9.23 Å². The molecule has 0 spiro atoms. The number of hydrogen-bond donors (Lipinski definition) is 0. The second-order valence-corrected chi connectivity index (χ2v) is 8.50. The van der Waals surface area contributed by atoms with Crippen LogP contribution in [0.2, 0.25) is 0 Å². The van der Waals surface area contributed by atoms with Crippen LogP contribution < -0.4 is 0 Å². The monoisotopic (exact) mass is 376 g/mol. The Bertz CT molecular complexity index is 326. The van der Waals surface area contributed by atoms with Gasteiger partial charge in [0.05, 0.1) is 6.10 Å². The molecule has 0 aromatic heterocycles. The van der Waals surface area contributed by atoms with Gasteiger partial charge in [0.15, 0.2) is 6.17 Å². The molecule has 0 bridgehead atoms. The molecule has 26 heavy (non-hydrogen) atoms. The molecule has 0 radical (unpaired) electrons.